The van der Waals surface area contributed by atoms with Crippen LogP contribution in [0.3, 0.4) is 0 Å². The molecule has 1 aliphatic rings. The Morgan fingerprint density at radius 2 is 2.16 bits per heavy atom. The summed E-state index contributed by atoms with van der Waals surface area (Å²) in [5.41, 5.74) is 2.05. The third-order valence-electron chi connectivity index (χ3n) is 4.25. The van der Waals surface area contributed by atoms with Crippen LogP contribution in [0.25, 0.3) is 0 Å². The molecule has 1 aliphatic heterocycles. The molecule has 134 valence electrons. The van der Waals surface area contributed by atoms with Crippen molar-refractivity contribution in [2.75, 3.05) is 25.5 Å². The zero-order valence-electron chi connectivity index (χ0n) is 14.3. The molecule has 0 unspecified atom stereocenters. The van der Waals surface area contributed by atoms with Crippen molar-refractivity contribution < 1.29 is 8.42 Å². The van der Waals surface area contributed by atoms with Gasteiger partial charge in [0.2, 0.25) is 10.0 Å². The third kappa shape index (κ3) is 3.26. The summed E-state index contributed by atoms with van der Waals surface area (Å²) in [7, 11) is -0.341. The van der Waals surface area contributed by atoms with E-state index >= 15 is 0 Å². The molecular weight excluding hydrogens is 358 g/mol. The lowest BCUT2D eigenvalue weighted by atomic mass is 10.2. The monoisotopic (exact) mass is 379 g/mol. The minimum atomic E-state index is -3.42. The van der Waals surface area contributed by atoms with E-state index in [1.54, 1.807) is 29.2 Å². The Morgan fingerprint density at radius 3 is 2.84 bits per heavy atom. The van der Waals surface area contributed by atoms with Gasteiger partial charge in [0, 0.05) is 32.9 Å². The van der Waals surface area contributed by atoms with Crippen molar-refractivity contribution >= 4 is 27.9 Å². The van der Waals surface area contributed by atoms with E-state index in [4.69, 9.17) is 12.2 Å². The predicted octanol–water partition coefficient (Wildman–Crippen LogP) is 1.87. The number of hydrogen-bond acceptors (Lipinski definition) is 5. The van der Waals surface area contributed by atoms with Gasteiger partial charge in [-0.05, 0) is 42.4 Å². The van der Waals surface area contributed by atoms with Crippen LogP contribution < -0.4 is 4.90 Å². The van der Waals surface area contributed by atoms with Crippen LogP contribution in [0.1, 0.15) is 5.56 Å². The molecule has 0 radical (unpaired) electrons. The van der Waals surface area contributed by atoms with Crippen molar-refractivity contribution in [1.29, 1.82) is 0 Å². The van der Waals surface area contributed by atoms with E-state index in [2.05, 4.69) is 16.6 Å². The first kappa shape index (κ1) is 17.8. The van der Waals surface area contributed by atoms with Crippen LogP contribution in [0.15, 0.2) is 42.1 Å². The topological polar surface area (TPSA) is 63.4 Å². The number of aromatic nitrogens is 3. The molecule has 1 aromatic carbocycles. The standard InChI is InChI=1S/C16H21N5O2S2/c1-4-8-19-11-17-21(16(19)24)12-20-9-7-13-10-14(5-6-15(13)20)25(22,23)18(2)3/h4-6,10-11H,1,7-9,12H2,2-3H3. The SMILES string of the molecule is C=CCn1cnn(CN2CCc3cc(S(=O)(=O)N(C)C)ccc32)c1=S. The smallest absolute Gasteiger partial charge is 0.242 e. The number of anilines is 1. The summed E-state index contributed by atoms with van der Waals surface area (Å²) in [6.07, 6.45) is 4.28. The number of rotatable bonds is 6. The molecule has 2 aromatic rings. The number of benzene rings is 1. The Morgan fingerprint density at radius 1 is 1.40 bits per heavy atom. The Balaban J connectivity index is 1.86. The summed E-state index contributed by atoms with van der Waals surface area (Å²) in [5, 5.41) is 4.33. The Labute approximate surface area is 152 Å². The van der Waals surface area contributed by atoms with Crippen molar-refractivity contribution in [1.82, 2.24) is 18.7 Å². The van der Waals surface area contributed by atoms with Gasteiger partial charge in [-0.25, -0.2) is 17.4 Å². The fourth-order valence-electron chi connectivity index (χ4n) is 2.86. The number of hydrogen-bond donors (Lipinski definition) is 0. The quantitative estimate of drug-likeness (QED) is 0.566. The summed E-state index contributed by atoms with van der Waals surface area (Å²) in [6.45, 7) is 5.68. The Hall–Kier alpha value is -1.97. The molecule has 0 saturated heterocycles. The lowest BCUT2D eigenvalue weighted by Gasteiger charge is -2.19. The molecular formula is C16H21N5O2S2. The Bertz CT molecular complexity index is 959. The van der Waals surface area contributed by atoms with Crippen molar-refractivity contribution in [3.05, 3.63) is 47.5 Å². The van der Waals surface area contributed by atoms with Gasteiger partial charge in [0.1, 0.15) is 13.0 Å². The maximum absolute atomic E-state index is 12.3. The minimum absolute atomic E-state index is 0.324. The van der Waals surface area contributed by atoms with Gasteiger partial charge in [-0.2, -0.15) is 5.10 Å². The molecule has 0 amide bonds. The van der Waals surface area contributed by atoms with Crippen LogP contribution in [-0.4, -0.2) is 47.7 Å². The van der Waals surface area contributed by atoms with E-state index in [0.29, 0.717) is 22.9 Å². The fraction of sp³-hybridized carbons (Fsp3) is 0.375. The average Bonchev–Trinajstić information content (AvgIpc) is 3.13. The van der Waals surface area contributed by atoms with Gasteiger partial charge in [0.05, 0.1) is 4.90 Å². The maximum atomic E-state index is 12.3. The van der Waals surface area contributed by atoms with Gasteiger partial charge in [-0.15, -0.1) is 6.58 Å². The van der Waals surface area contributed by atoms with Crippen molar-refractivity contribution in [2.45, 2.75) is 24.5 Å². The molecule has 0 fully saturated rings. The predicted molar refractivity (Wildman–Crippen MR) is 99.6 cm³/mol. The first-order valence-corrected chi connectivity index (χ1v) is 9.73. The van der Waals surface area contributed by atoms with E-state index in [-0.39, 0.29) is 0 Å². The lowest BCUT2D eigenvalue weighted by molar-refractivity contribution is 0.520. The largest absolute Gasteiger partial charge is 0.351 e. The summed E-state index contributed by atoms with van der Waals surface area (Å²) >= 11 is 5.43. The van der Waals surface area contributed by atoms with Crippen LogP contribution in [0.5, 0.6) is 0 Å². The van der Waals surface area contributed by atoms with Crippen LogP contribution >= 0.6 is 12.2 Å². The van der Waals surface area contributed by atoms with Crippen LogP contribution in [0.4, 0.5) is 5.69 Å². The molecule has 7 nitrogen and oxygen atoms in total. The number of fused-ring (bicyclic) bond motifs is 1. The fourth-order valence-corrected chi connectivity index (χ4v) is 4.04. The third-order valence-corrected chi connectivity index (χ3v) is 6.51. The van der Waals surface area contributed by atoms with Gasteiger partial charge in [0.15, 0.2) is 4.77 Å². The van der Waals surface area contributed by atoms with Crippen LogP contribution in [0.2, 0.25) is 0 Å². The highest BCUT2D eigenvalue weighted by molar-refractivity contribution is 7.89. The number of nitrogens with zero attached hydrogens (tertiary/aromatic N) is 5. The highest BCUT2D eigenvalue weighted by Gasteiger charge is 2.24. The van der Waals surface area contributed by atoms with Gasteiger partial charge < -0.3 is 9.47 Å². The van der Waals surface area contributed by atoms with E-state index < -0.39 is 10.0 Å². The molecule has 0 spiro atoms. The zero-order valence-corrected chi connectivity index (χ0v) is 15.9. The van der Waals surface area contributed by atoms with E-state index in [1.165, 1.54) is 18.4 Å². The molecule has 0 atom stereocenters. The molecule has 3 rings (SSSR count). The van der Waals surface area contributed by atoms with Crippen LogP contribution in [0, 0.1) is 4.77 Å². The lowest BCUT2D eigenvalue weighted by Crippen LogP contribution is -2.25. The molecule has 2 heterocycles. The van der Waals surface area contributed by atoms with Gasteiger partial charge in [-0.3, -0.25) is 0 Å². The van der Waals surface area contributed by atoms with E-state index in [1.807, 2.05) is 10.6 Å². The molecule has 0 bridgehead atoms. The van der Waals surface area contributed by atoms with Gasteiger partial charge in [0.25, 0.3) is 0 Å². The highest BCUT2D eigenvalue weighted by Crippen LogP contribution is 2.31. The number of allylic oxidation sites excluding steroid dienone is 1. The first-order chi connectivity index (χ1) is 11.8. The number of sulfonamides is 1. The molecule has 0 N–H and O–H groups in total. The normalized spacial score (nSPS) is 14.1. The summed E-state index contributed by atoms with van der Waals surface area (Å²) in [6, 6.07) is 5.28. The summed E-state index contributed by atoms with van der Waals surface area (Å²) in [4.78, 5) is 2.48. The second-order valence-electron chi connectivity index (χ2n) is 6.09. The van der Waals surface area contributed by atoms with Crippen molar-refractivity contribution in [3.8, 4) is 0 Å². The Kier molecular flexibility index (Phi) is 4.81. The van der Waals surface area contributed by atoms with E-state index in [9.17, 15) is 8.42 Å². The summed E-state index contributed by atoms with van der Waals surface area (Å²) in [5.74, 6) is 0. The minimum Gasteiger partial charge on any atom is -0.351 e. The van der Waals surface area contributed by atoms with Gasteiger partial charge >= 0.3 is 0 Å². The molecule has 25 heavy (non-hydrogen) atoms. The van der Waals surface area contributed by atoms with Crippen molar-refractivity contribution in [3.63, 3.8) is 0 Å². The zero-order chi connectivity index (χ0) is 18.2. The molecule has 0 saturated carbocycles. The van der Waals surface area contributed by atoms with Crippen LogP contribution in [-0.2, 0) is 29.7 Å². The molecule has 9 heteroatoms. The highest BCUT2D eigenvalue weighted by atomic mass is 32.2. The second kappa shape index (κ2) is 6.74. The second-order valence-corrected chi connectivity index (χ2v) is 8.60. The van der Waals surface area contributed by atoms with Crippen molar-refractivity contribution in [2.24, 2.45) is 0 Å². The molecule has 0 aliphatic carbocycles. The molecule has 1 aromatic heterocycles. The average molecular weight is 380 g/mol. The summed E-state index contributed by atoms with van der Waals surface area (Å²) < 4.78 is 30.1. The van der Waals surface area contributed by atoms with Gasteiger partial charge in [-0.1, -0.05) is 6.08 Å². The first-order valence-electron chi connectivity index (χ1n) is 7.88. The maximum Gasteiger partial charge on any atom is 0.242 e. The van der Waals surface area contributed by atoms with E-state index in [0.717, 1.165) is 24.2 Å².